The van der Waals surface area contributed by atoms with E-state index in [9.17, 15) is 4.79 Å². The molecule has 0 atom stereocenters. The monoisotopic (exact) mass is 292 g/mol. The van der Waals surface area contributed by atoms with Crippen molar-refractivity contribution < 1.29 is 13.9 Å². The summed E-state index contributed by atoms with van der Waals surface area (Å²) in [6.45, 7) is 0. The van der Waals surface area contributed by atoms with Gasteiger partial charge in [0.05, 0.1) is 18.7 Å². The second-order valence-electron chi connectivity index (χ2n) is 3.91. The largest absolute Gasteiger partial charge is 0.463 e. The van der Waals surface area contributed by atoms with Crippen molar-refractivity contribution in [2.75, 3.05) is 13.0 Å². The van der Waals surface area contributed by atoms with Gasteiger partial charge in [-0.25, -0.2) is 9.79 Å². The van der Waals surface area contributed by atoms with E-state index in [2.05, 4.69) is 9.73 Å². The Hall–Kier alpha value is -2.27. The van der Waals surface area contributed by atoms with Gasteiger partial charge >= 0.3 is 5.97 Å². The summed E-state index contributed by atoms with van der Waals surface area (Å²) >= 11 is 5.62. The van der Waals surface area contributed by atoms with E-state index in [0.717, 1.165) is 5.56 Å². The number of esters is 1. The quantitative estimate of drug-likeness (QED) is 0.407. The maximum atomic E-state index is 11.4. The molecule has 1 aromatic heterocycles. The number of nitrogens with two attached hydrogens (primary N) is 1. The number of para-hydroxylation sites is 1. The Kier molecular flexibility index (Phi) is 4.42. The fourth-order valence-corrected chi connectivity index (χ4v) is 1.72. The molecule has 0 radical (unpaired) electrons. The second kappa shape index (κ2) is 6.25. The Bertz CT molecular complexity index is 649. The summed E-state index contributed by atoms with van der Waals surface area (Å²) in [7, 11) is 1.30. The topological polar surface area (TPSA) is 77.8 Å². The lowest BCUT2D eigenvalue weighted by atomic mass is 10.1. The van der Waals surface area contributed by atoms with Gasteiger partial charge in [-0.1, -0.05) is 12.1 Å². The number of nitrogens with zero attached hydrogens (tertiary/aromatic N) is 1. The summed E-state index contributed by atoms with van der Waals surface area (Å²) in [6.07, 6.45) is 0. The summed E-state index contributed by atoms with van der Waals surface area (Å²) < 4.78 is 10.1. The maximum absolute atomic E-state index is 11.4. The van der Waals surface area contributed by atoms with Crippen molar-refractivity contribution >= 4 is 29.1 Å². The SMILES string of the molecule is COC(=O)c1ccc(-c2ccccc2N=C(N)CCl)o1. The molecule has 0 saturated heterocycles. The molecule has 2 aromatic rings. The van der Waals surface area contributed by atoms with E-state index in [-0.39, 0.29) is 11.6 Å². The molecule has 0 fully saturated rings. The van der Waals surface area contributed by atoms with Gasteiger partial charge in [0.1, 0.15) is 11.6 Å². The lowest BCUT2D eigenvalue weighted by Gasteiger charge is -2.03. The first-order valence-electron chi connectivity index (χ1n) is 5.82. The minimum absolute atomic E-state index is 0.131. The van der Waals surface area contributed by atoms with E-state index in [4.69, 9.17) is 21.8 Å². The van der Waals surface area contributed by atoms with E-state index in [0.29, 0.717) is 17.3 Å². The average Bonchev–Trinajstić information content (AvgIpc) is 2.96. The van der Waals surface area contributed by atoms with Crippen LogP contribution in [0.2, 0.25) is 0 Å². The predicted octanol–water partition coefficient (Wildman–Crippen LogP) is 2.96. The van der Waals surface area contributed by atoms with Crippen LogP contribution in [0.1, 0.15) is 10.6 Å². The van der Waals surface area contributed by atoms with Crippen molar-refractivity contribution in [3.05, 3.63) is 42.2 Å². The highest BCUT2D eigenvalue weighted by molar-refractivity contribution is 6.28. The highest BCUT2D eigenvalue weighted by atomic mass is 35.5. The molecule has 1 aromatic carbocycles. The van der Waals surface area contributed by atoms with Crippen LogP contribution in [0.5, 0.6) is 0 Å². The summed E-state index contributed by atoms with van der Waals surface area (Å²) in [5, 5.41) is 0. The van der Waals surface area contributed by atoms with Crippen LogP contribution in [-0.2, 0) is 4.74 Å². The second-order valence-corrected chi connectivity index (χ2v) is 4.18. The third kappa shape index (κ3) is 3.00. The van der Waals surface area contributed by atoms with Gasteiger partial charge in [0, 0.05) is 5.56 Å². The van der Waals surface area contributed by atoms with Crippen LogP contribution < -0.4 is 5.73 Å². The van der Waals surface area contributed by atoms with Gasteiger partial charge in [0.2, 0.25) is 5.76 Å². The van der Waals surface area contributed by atoms with Crippen molar-refractivity contribution in [2.45, 2.75) is 0 Å². The number of furan rings is 1. The van der Waals surface area contributed by atoms with E-state index >= 15 is 0 Å². The number of benzene rings is 1. The molecule has 0 aliphatic heterocycles. The van der Waals surface area contributed by atoms with Crippen LogP contribution in [0.4, 0.5) is 5.69 Å². The maximum Gasteiger partial charge on any atom is 0.373 e. The lowest BCUT2D eigenvalue weighted by Crippen LogP contribution is -2.12. The molecule has 1 heterocycles. The first-order chi connectivity index (χ1) is 9.65. The third-order valence-corrected chi connectivity index (χ3v) is 2.84. The Balaban J connectivity index is 2.43. The number of alkyl halides is 1. The Morgan fingerprint density at radius 3 is 2.80 bits per heavy atom. The van der Waals surface area contributed by atoms with Crippen LogP contribution in [0.3, 0.4) is 0 Å². The molecular weight excluding hydrogens is 280 g/mol. The van der Waals surface area contributed by atoms with Crippen molar-refractivity contribution in [3.8, 4) is 11.3 Å². The third-order valence-electron chi connectivity index (χ3n) is 2.56. The fourth-order valence-electron chi connectivity index (χ4n) is 1.66. The lowest BCUT2D eigenvalue weighted by molar-refractivity contribution is 0.0566. The number of halogens is 1. The van der Waals surface area contributed by atoms with Gasteiger partial charge in [0.15, 0.2) is 0 Å². The highest BCUT2D eigenvalue weighted by Gasteiger charge is 2.14. The van der Waals surface area contributed by atoms with Crippen molar-refractivity contribution in [2.24, 2.45) is 10.7 Å². The van der Waals surface area contributed by atoms with E-state index in [1.165, 1.54) is 7.11 Å². The Morgan fingerprint density at radius 1 is 1.35 bits per heavy atom. The number of carbonyl (C=O) groups excluding carboxylic acids is 1. The molecule has 5 nitrogen and oxygen atoms in total. The van der Waals surface area contributed by atoms with Crippen LogP contribution in [0.15, 0.2) is 45.8 Å². The normalized spacial score (nSPS) is 11.4. The van der Waals surface area contributed by atoms with Crippen LogP contribution in [-0.4, -0.2) is 24.8 Å². The predicted molar refractivity (Wildman–Crippen MR) is 77.5 cm³/mol. The van der Waals surface area contributed by atoms with E-state index < -0.39 is 5.97 Å². The molecule has 0 bridgehead atoms. The molecule has 104 valence electrons. The standard InChI is InChI=1S/C14H13ClN2O3/c1-19-14(18)12-7-6-11(20-12)9-4-2-3-5-10(9)17-13(16)8-15/h2-7H,8H2,1H3,(H2,16,17). The molecule has 0 aliphatic rings. The number of rotatable bonds is 4. The molecule has 20 heavy (non-hydrogen) atoms. The number of hydrogen-bond acceptors (Lipinski definition) is 4. The Morgan fingerprint density at radius 2 is 2.10 bits per heavy atom. The van der Waals surface area contributed by atoms with Crippen molar-refractivity contribution in [3.63, 3.8) is 0 Å². The fraction of sp³-hybridized carbons (Fsp3) is 0.143. The minimum atomic E-state index is -0.530. The van der Waals surface area contributed by atoms with Crippen molar-refractivity contribution in [1.82, 2.24) is 0 Å². The van der Waals surface area contributed by atoms with Gasteiger partial charge in [-0.05, 0) is 24.3 Å². The number of aliphatic imine (C=N–C) groups is 1. The minimum Gasteiger partial charge on any atom is -0.463 e. The van der Waals surface area contributed by atoms with Crippen LogP contribution >= 0.6 is 11.6 Å². The summed E-state index contributed by atoms with van der Waals surface area (Å²) in [5.74, 6) is 0.551. The number of ether oxygens (including phenoxy) is 1. The first kappa shape index (κ1) is 14.1. The first-order valence-corrected chi connectivity index (χ1v) is 6.35. The zero-order chi connectivity index (χ0) is 14.5. The van der Waals surface area contributed by atoms with Crippen LogP contribution in [0.25, 0.3) is 11.3 Å². The summed E-state index contributed by atoms with van der Waals surface area (Å²) in [6, 6.07) is 10.5. The number of methoxy groups -OCH3 is 1. The molecule has 0 amide bonds. The molecule has 0 unspecified atom stereocenters. The zero-order valence-corrected chi connectivity index (χ0v) is 11.6. The van der Waals surface area contributed by atoms with Gasteiger partial charge in [0.25, 0.3) is 0 Å². The molecular formula is C14H13ClN2O3. The molecule has 0 aliphatic carbocycles. The summed E-state index contributed by atoms with van der Waals surface area (Å²) in [5.41, 5.74) is 6.98. The molecule has 2 rings (SSSR count). The van der Waals surface area contributed by atoms with Crippen LogP contribution in [0, 0.1) is 0 Å². The van der Waals surface area contributed by atoms with Gasteiger partial charge in [-0.15, -0.1) is 11.6 Å². The average molecular weight is 293 g/mol. The van der Waals surface area contributed by atoms with E-state index in [1.807, 2.05) is 18.2 Å². The van der Waals surface area contributed by atoms with Gasteiger partial charge < -0.3 is 14.9 Å². The molecule has 0 spiro atoms. The molecule has 6 heteroatoms. The number of hydrogen-bond donors (Lipinski definition) is 1. The van der Waals surface area contributed by atoms with Crippen molar-refractivity contribution in [1.29, 1.82) is 0 Å². The van der Waals surface area contributed by atoms with Gasteiger partial charge in [-0.3, -0.25) is 0 Å². The van der Waals surface area contributed by atoms with Gasteiger partial charge in [-0.2, -0.15) is 0 Å². The smallest absolute Gasteiger partial charge is 0.373 e. The number of amidine groups is 1. The molecule has 2 N–H and O–H groups in total. The van der Waals surface area contributed by atoms with E-state index in [1.54, 1.807) is 18.2 Å². The Labute approximate surface area is 121 Å². The molecule has 0 saturated carbocycles. The zero-order valence-electron chi connectivity index (χ0n) is 10.8. The summed E-state index contributed by atoms with van der Waals surface area (Å²) in [4.78, 5) is 15.6. The highest BCUT2D eigenvalue weighted by Crippen LogP contribution is 2.31. The number of carbonyl (C=O) groups is 1.